The fourth-order valence-corrected chi connectivity index (χ4v) is 2.05. The van der Waals surface area contributed by atoms with E-state index in [1.54, 1.807) is 7.11 Å². The van der Waals surface area contributed by atoms with Crippen LogP contribution >= 0.6 is 0 Å². The van der Waals surface area contributed by atoms with Gasteiger partial charge in [0, 0.05) is 7.05 Å². The van der Waals surface area contributed by atoms with Crippen LogP contribution in [-0.4, -0.2) is 27.3 Å². The highest BCUT2D eigenvalue weighted by atomic mass is 16.5. The van der Waals surface area contributed by atoms with Gasteiger partial charge in [-0.25, -0.2) is 0 Å². The summed E-state index contributed by atoms with van der Waals surface area (Å²) in [4.78, 5) is 2.01. The minimum Gasteiger partial charge on any atom is -0.493 e. The van der Waals surface area contributed by atoms with Gasteiger partial charge in [0.05, 0.1) is 24.9 Å². The second-order valence-corrected chi connectivity index (χ2v) is 4.55. The first-order chi connectivity index (χ1) is 10.3. The van der Waals surface area contributed by atoms with Gasteiger partial charge < -0.3 is 14.4 Å². The molecule has 0 aliphatic heterocycles. The zero-order valence-corrected chi connectivity index (χ0v) is 12.2. The maximum atomic E-state index is 9.11. The predicted molar refractivity (Wildman–Crippen MR) is 82.9 cm³/mol. The SMILES string of the molecule is COc1ccccc1OCCN(C)c1ccccc1C#N. The van der Waals surface area contributed by atoms with Crippen LogP contribution in [-0.2, 0) is 0 Å². The van der Waals surface area contributed by atoms with Crippen molar-refractivity contribution < 1.29 is 9.47 Å². The standard InChI is InChI=1S/C17H18N2O2/c1-19(15-8-4-3-7-14(15)13-18)11-12-21-17-10-6-5-9-16(17)20-2/h3-10H,11-12H2,1-2H3. The van der Waals surface area contributed by atoms with Crippen LogP contribution in [0.2, 0.25) is 0 Å². The normalized spacial score (nSPS) is 9.76. The number of hydrogen-bond acceptors (Lipinski definition) is 4. The van der Waals surface area contributed by atoms with Crippen molar-refractivity contribution >= 4 is 5.69 Å². The molecule has 2 aromatic rings. The molecular weight excluding hydrogens is 264 g/mol. The molecule has 21 heavy (non-hydrogen) atoms. The molecule has 0 fully saturated rings. The summed E-state index contributed by atoms with van der Waals surface area (Å²) in [6.45, 7) is 1.19. The van der Waals surface area contributed by atoms with E-state index in [0.717, 1.165) is 17.2 Å². The Morgan fingerprint density at radius 1 is 1.05 bits per heavy atom. The van der Waals surface area contributed by atoms with Gasteiger partial charge in [-0.1, -0.05) is 24.3 Å². The quantitative estimate of drug-likeness (QED) is 0.816. The van der Waals surface area contributed by atoms with Crippen molar-refractivity contribution in [2.24, 2.45) is 0 Å². The topological polar surface area (TPSA) is 45.5 Å². The van der Waals surface area contributed by atoms with Gasteiger partial charge >= 0.3 is 0 Å². The third kappa shape index (κ3) is 3.67. The lowest BCUT2D eigenvalue weighted by Gasteiger charge is -2.20. The number of para-hydroxylation sites is 3. The molecule has 0 heterocycles. The molecule has 108 valence electrons. The molecule has 0 aromatic heterocycles. The van der Waals surface area contributed by atoms with Gasteiger partial charge in [-0.15, -0.1) is 0 Å². The maximum Gasteiger partial charge on any atom is 0.161 e. The van der Waals surface area contributed by atoms with Crippen molar-refractivity contribution in [1.82, 2.24) is 0 Å². The summed E-state index contributed by atoms with van der Waals surface area (Å²) < 4.78 is 11.0. The van der Waals surface area contributed by atoms with Crippen molar-refractivity contribution in [3.63, 3.8) is 0 Å². The average Bonchev–Trinajstić information content (AvgIpc) is 2.55. The van der Waals surface area contributed by atoms with E-state index in [4.69, 9.17) is 14.7 Å². The Hall–Kier alpha value is -2.67. The first-order valence-corrected chi connectivity index (χ1v) is 6.72. The van der Waals surface area contributed by atoms with E-state index in [-0.39, 0.29) is 0 Å². The number of rotatable bonds is 6. The Balaban J connectivity index is 1.96. The monoisotopic (exact) mass is 282 g/mol. The van der Waals surface area contributed by atoms with Crippen LogP contribution in [0.5, 0.6) is 11.5 Å². The third-order valence-electron chi connectivity index (χ3n) is 3.19. The lowest BCUT2D eigenvalue weighted by atomic mass is 10.2. The van der Waals surface area contributed by atoms with E-state index in [1.165, 1.54) is 0 Å². The molecule has 0 amide bonds. The predicted octanol–water partition coefficient (Wildman–Crippen LogP) is 3.08. The van der Waals surface area contributed by atoms with Gasteiger partial charge in [0.1, 0.15) is 12.7 Å². The molecule has 0 aliphatic rings. The van der Waals surface area contributed by atoms with Crippen molar-refractivity contribution in [2.75, 3.05) is 32.2 Å². The third-order valence-corrected chi connectivity index (χ3v) is 3.19. The van der Waals surface area contributed by atoms with E-state index in [1.807, 2.05) is 60.5 Å². The highest BCUT2D eigenvalue weighted by molar-refractivity contribution is 5.58. The maximum absolute atomic E-state index is 9.11. The van der Waals surface area contributed by atoms with Gasteiger partial charge in [0.25, 0.3) is 0 Å². The Morgan fingerprint density at radius 2 is 1.71 bits per heavy atom. The van der Waals surface area contributed by atoms with Gasteiger partial charge in [-0.3, -0.25) is 0 Å². The first kappa shape index (κ1) is 14.7. The van der Waals surface area contributed by atoms with Crippen LogP contribution in [0.15, 0.2) is 48.5 Å². The zero-order chi connectivity index (χ0) is 15.1. The number of methoxy groups -OCH3 is 1. The number of nitriles is 1. The van der Waals surface area contributed by atoms with Gasteiger partial charge in [0.15, 0.2) is 11.5 Å². The van der Waals surface area contributed by atoms with E-state index < -0.39 is 0 Å². The zero-order valence-electron chi connectivity index (χ0n) is 12.2. The number of likely N-dealkylation sites (N-methyl/N-ethyl adjacent to an activating group) is 1. The molecule has 2 rings (SSSR count). The van der Waals surface area contributed by atoms with Crippen LogP contribution in [0.1, 0.15) is 5.56 Å². The molecule has 4 heteroatoms. The van der Waals surface area contributed by atoms with E-state index in [0.29, 0.717) is 18.7 Å². The molecule has 0 N–H and O–H groups in total. The smallest absolute Gasteiger partial charge is 0.161 e. The summed E-state index contributed by atoms with van der Waals surface area (Å²) in [5, 5.41) is 9.11. The summed E-state index contributed by atoms with van der Waals surface area (Å²) in [6, 6.07) is 17.3. The summed E-state index contributed by atoms with van der Waals surface area (Å²) in [5.74, 6) is 1.44. The minimum absolute atomic E-state index is 0.511. The number of benzene rings is 2. The molecule has 0 bridgehead atoms. The van der Waals surface area contributed by atoms with Crippen LogP contribution in [0.3, 0.4) is 0 Å². The summed E-state index contributed by atoms with van der Waals surface area (Å²) in [6.07, 6.45) is 0. The number of hydrogen-bond donors (Lipinski definition) is 0. The highest BCUT2D eigenvalue weighted by Crippen LogP contribution is 2.25. The minimum atomic E-state index is 0.511. The fourth-order valence-electron chi connectivity index (χ4n) is 2.05. The van der Waals surface area contributed by atoms with Crippen molar-refractivity contribution in [3.8, 4) is 17.6 Å². The van der Waals surface area contributed by atoms with E-state index >= 15 is 0 Å². The second-order valence-electron chi connectivity index (χ2n) is 4.55. The molecule has 0 unspecified atom stereocenters. The molecule has 0 radical (unpaired) electrons. The Kier molecular flexibility index (Phi) is 5.05. The average molecular weight is 282 g/mol. The number of ether oxygens (including phenoxy) is 2. The van der Waals surface area contributed by atoms with Crippen molar-refractivity contribution in [3.05, 3.63) is 54.1 Å². The molecule has 0 saturated heterocycles. The Morgan fingerprint density at radius 3 is 2.43 bits per heavy atom. The molecular formula is C17H18N2O2. The molecule has 0 aliphatic carbocycles. The van der Waals surface area contributed by atoms with Crippen molar-refractivity contribution in [2.45, 2.75) is 0 Å². The number of anilines is 1. The molecule has 0 spiro atoms. The lowest BCUT2D eigenvalue weighted by molar-refractivity contribution is 0.301. The lowest BCUT2D eigenvalue weighted by Crippen LogP contribution is -2.24. The Labute approximate surface area is 125 Å². The van der Waals surface area contributed by atoms with Crippen molar-refractivity contribution in [1.29, 1.82) is 5.26 Å². The fraction of sp³-hybridized carbons (Fsp3) is 0.235. The molecule has 0 saturated carbocycles. The van der Waals surface area contributed by atoms with Gasteiger partial charge in [0.2, 0.25) is 0 Å². The largest absolute Gasteiger partial charge is 0.493 e. The van der Waals surface area contributed by atoms with Crippen LogP contribution in [0, 0.1) is 11.3 Å². The summed E-state index contributed by atoms with van der Waals surface area (Å²) in [7, 11) is 3.57. The van der Waals surface area contributed by atoms with Crippen LogP contribution < -0.4 is 14.4 Å². The van der Waals surface area contributed by atoms with Crippen LogP contribution in [0.4, 0.5) is 5.69 Å². The van der Waals surface area contributed by atoms with Gasteiger partial charge in [-0.2, -0.15) is 5.26 Å². The Bertz CT molecular complexity index is 635. The molecule has 2 aromatic carbocycles. The van der Waals surface area contributed by atoms with Gasteiger partial charge in [-0.05, 0) is 24.3 Å². The van der Waals surface area contributed by atoms with E-state index in [2.05, 4.69) is 6.07 Å². The molecule has 0 atom stereocenters. The molecule has 4 nitrogen and oxygen atoms in total. The highest BCUT2D eigenvalue weighted by Gasteiger charge is 2.07. The first-order valence-electron chi connectivity index (χ1n) is 6.72. The van der Waals surface area contributed by atoms with E-state index in [9.17, 15) is 0 Å². The number of nitrogens with zero attached hydrogens (tertiary/aromatic N) is 2. The summed E-state index contributed by atoms with van der Waals surface area (Å²) >= 11 is 0. The summed E-state index contributed by atoms with van der Waals surface area (Å²) in [5.41, 5.74) is 1.57. The second kappa shape index (κ2) is 7.20. The van der Waals surface area contributed by atoms with Crippen LogP contribution in [0.25, 0.3) is 0 Å².